The standard InChI is InChI=1S/C21H24ClN3O3S/c1-24-10-12-25(13-11-24)29(27,28)16-8-6-15(7-9-16)23-21(26)19-14-18(19)17-4-2-3-5-20(17)22/h2-9,18-19H,10-14H2,1H3,(H,23,26). The fourth-order valence-corrected chi connectivity index (χ4v) is 5.43. The van der Waals surface area contributed by atoms with E-state index in [4.69, 9.17) is 11.6 Å². The number of carbonyl (C=O) groups excluding carboxylic acids is 1. The summed E-state index contributed by atoms with van der Waals surface area (Å²) in [4.78, 5) is 14.9. The van der Waals surface area contributed by atoms with Crippen LogP contribution in [0.2, 0.25) is 5.02 Å². The Bertz CT molecular complexity index is 1000. The van der Waals surface area contributed by atoms with Crippen LogP contribution in [0.25, 0.3) is 0 Å². The van der Waals surface area contributed by atoms with E-state index in [1.165, 1.54) is 4.31 Å². The molecule has 1 heterocycles. The number of amides is 1. The Balaban J connectivity index is 1.39. The SMILES string of the molecule is CN1CCN(S(=O)(=O)c2ccc(NC(=O)C3CC3c3ccccc3Cl)cc2)CC1. The molecule has 1 N–H and O–H groups in total. The molecule has 0 bridgehead atoms. The first-order valence-corrected chi connectivity index (χ1v) is 11.5. The van der Waals surface area contributed by atoms with E-state index < -0.39 is 10.0 Å². The van der Waals surface area contributed by atoms with E-state index in [2.05, 4.69) is 10.2 Å². The van der Waals surface area contributed by atoms with Crippen molar-refractivity contribution in [2.24, 2.45) is 5.92 Å². The summed E-state index contributed by atoms with van der Waals surface area (Å²) in [5.41, 5.74) is 1.60. The molecule has 2 aliphatic rings. The first-order valence-electron chi connectivity index (χ1n) is 9.70. The Labute approximate surface area is 176 Å². The maximum absolute atomic E-state index is 12.8. The Kier molecular flexibility index (Phi) is 5.66. The van der Waals surface area contributed by atoms with Gasteiger partial charge < -0.3 is 10.2 Å². The number of nitrogens with zero attached hydrogens (tertiary/aromatic N) is 2. The van der Waals surface area contributed by atoms with E-state index in [0.717, 1.165) is 25.1 Å². The van der Waals surface area contributed by atoms with Gasteiger partial charge in [0.2, 0.25) is 15.9 Å². The molecule has 2 aromatic carbocycles. The minimum absolute atomic E-state index is 0.0652. The molecule has 2 aromatic rings. The number of sulfonamides is 1. The van der Waals surface area contributed by atoms with Crippen LogP contribution in [-0.4, -0.2) is 56.8 Å². The van der Waals surface area contributed by atoms with Gasteiger partial charge in [-0.3, -0.25) is 4.79 Å². The number of carbonyl (C=O) groups is 1. The van der Waals surface area contributed by atoms with E-state index in [1.54, 1.807) is 24.3 Å². The first-order chi connectivity index (χ1) is 13.9. The van der Waals surface area contributed by atoms with Crippen molar-refractivity contribution in [1.82, 2.24) is 9.21 Å². The largest absolute Gasteiger partial charge is 0.326 e. The van der Waals surface area contributed by atoms with Gasteiger partial charge in [0.15, 0.2) is 0 Å². The molecule has 4 rings (SSSR count). The predicted molar refractivity (Wildman–Crippen MR) is 114 cm³/mol. The first kappa shape index (κ1) is 20.3. The second-order valence-corrected chi connectivity index (χ2v) is 10.0. The zero-order valence-electron chi connectivity index (χ0n) is 16.2. The molecule has 0 aromatic heterocycles. The van der Waals surface area contributed by atoms with Gasteiger partial charge in [0, 0.05) is 42.8 Å². The highest BCUT2D eigenvalue weighted by molar-refractivity contribution is 7.89. The number of anilines is 1. The highest BCUT2D eigenvalue weighted by Crippen LogP contribution is 2.50. The van der Waals surface area contributed by atoms with Crippen molar-refractivity contribution in [3.05, 3.63) is 59.1 Å². The second kappa shape index (κ2) is 8.07. The fourth-order valence-electron chi connectivity index (χ4n) is 3.73. The van der Waals surface area contributed by atoms with Gasteiger partial charge >= 0.3 is 0 Å². The maximum atomic E-state index is 12.8. The second-order valence-electron chi connectivity index (χ2n) is 7.69. The molecule has 29 heavy (non-hydrogen) atoms. The van der Waals surface area contributed by atoms with E-state index in [-0.39, 0.29) is 22.6 Å². The van der Waals surface area contributed by atoms with Gasteiger partial charge in [0.1, 0.15) is 0 Å². The average Bonchev–Trinajstić information content (AvgIpc) is 3.50. The Morgan fingerprint density at radius 2 is 1.69 bits per heavy atom. The van der Waals surface area contributed by atoms with Crippen molar-refractivity contribution in [2.75, 3.05) is 38.5 Å². The van der Waals surface area contributed by atoms with Crippen molar-refractivity contribution in [1.29, 1.82) is 0 Å². The molecule has 8 heteroatoms. The highest BCUT2D eigenvalue weighted by atomic mass is 35.5. The fraction of sp³-hybridized carbons (Fsp3) is 0.381. The number of rotatable bonds is 5. The van der Waals surface area contributed by atoms with Crippen molar-refractivity contribution in [3.63, 3.8) is 0 Å². The summed E-state index contributed by atoms with van der Waals surface area (Å²) in [5.74, 6) is -0.0335. The van der Waals surface area contributed by atoms with Crippen LogP contribution in [0, 0.1) is 5.92 Å². The number of benzene rings is 2. The molecule has 2 fully saturated rings. The highest BCUT2D eigenvalue weighted by Gasteiger charge is 2.44. The van der Waals surface area contributed by atoms with Crippen LogP contribution in [0.1, 0.15) is 17.9 Å². The van der Waals surface area contributed by atoms with Crippen LogP contribution in [0.15, 0.2) is 53.4 Å². The van der Waals surface area contributed by atoms with Gasteiger partial charge in [0.25, 0.3) is 0 Å². The lowest BCUT2D eigenvalue weighted by Gasteiger charge is -2.31. The molecule has 0 radical (unpaired) electrons. The number of halogens is 1. The van der Waals surface area contributed by atoms with Gasteiger partial charge in [0.05, 0.1) is 4.90 Å². The third kappa shape index (κ3) is 4.33. The van der Waals surface area contributed by atoms with Crippen molar-refractivity contribution < 1.29 is 13.2 Å². The van der Waals surface area contributed by atoms with E-state index >= 15 is 0 Å². The van der Waals surface area contributed by atoms with Gasteiger partial charge in [-0.25, -0.2) is 8.42 Å². The summed E-state index contributed by atoms with van der Waals surface area (Å²) < 4.78 is 27.1. The topological polar surface area (TPSA) is 69.7 Å². The molecule has 0 spiro atoms. The smallest absolute Gasteiger partial charge is 0.243 e. The number of likely N-dealkylation sites (N-methyl/N-ethyl adjacent to an activating group) is 1. The molecule has 1 amide bonds. The molecule has 1 saturated heterocycles. The predicted octanol–water partition coefficient (Wildman–Crippen LogP) is 3.02. The quantitative estimate of drug-likeness (QED) is 0.786. The summed E-state index contributed by atoms with van der Waals surface area (Å²) in [5, 5.41) is 3.58. The maximum Gasteiger partial charge on any atom is 0.243 e. The summed E-state index contributed by atoms with van der Waals surface area (Å²) in [6.07, 6.45) is 0.769. The van der Waals surface area contributed by atoms with Crippen molar-refractivity contribution in [2.45, 2.75) is 17.2 Å². The lowest BCUT2D eigenvalue weighted by atomic mass is 10.1. The molecule has 2 unspecified atom stereocenters. The van der Waals surface area contributed by atoms with Crippen LogP contribution in [-0.2, 0) is 14.8 Å². The molecule has 1 aliphatic carbocycles. The lowest BCUT2D eigenvalue weighted by molar-refractivity contribution is -0.117. The van der Waals surface area contributed by atoms with Gasteiger partial charge in [-0.05, 0) is 55.3 Å². The van der Waals surface area contributed by atoms with Crippen LogP contribution < -0.4 is 5.32 Å². The summed E-state index contributed by atoms with van der Waals surface area (Å²) in [6, 6.07) is 14.0. The van der Waals surface area contributed by atoms with Gasteiger partial charge in [-0.2, -0.15) is 4.31 Å². The number of nitrogens with one attached hydrogen (secondary N) is 1. The van der Waals surface area contributed by atoms with Crippen molar-refractivity contribution >= 4 is 33.2 Å². The molecule has 1 saturated carbocycles. The lowest BCUT2D eigenvalue weighted by Crippen LogP contribution is -2.46. The Morgan fingerprint density at radius 3 is 2.34 bits per heavy atom. The van der Waals surface area contributed by atoms with Gasteiger partial charge in [-0.15, -0.1) is 0 Å². The molecule has 6 nitrogen and oxygen atoms in total. The molecular formula is C21H24ClN3O3S. The third-order valence-electron chi connectivity index (χ3n) is 5.65. The molecule has 1 aliphatic heterocycles. The molecular weight excluding hydrogens is 410 g/mol. The zero-order chi connectivity index (χ0) is 20.6. The normalized spacial score (nSPS) is 23.0. The minimum atomic E-state index is -3.50. The minimum Gasteiger partial charge on any atom is -0.326 e. The third-order valence-corrected chi connectivity index (χ3v) is 7.91. The van der Waals surface area contributed by atoms with Crippen LogP contribution in [0.5, 0.6) is 0 Å². The van der Waals surface area contributed by atoms with E-state index in [1.807, 2.05) is 31.3 Å². The van der Waals surface area contributed by atoms with Crippen molar-refractivity contribution in [3.8, 4) is 0 Å². The van der Waals surface area contributed by atoms with Gasteiger partial charge in [-0.1, -0.05) is 29.8 Å². The number of hydrogen-bond donors (Lipinski definition) is 1. The number of piperazine rings is 1. The van der Waals surface area contributed by atoms with Crippen LogP contribution in [0.3, 0.4) is 0 Å². The van der Waals surface area contributed by atoms with Crippen LogP contribution >= 0.6 is 11.6 Å². The zero-order valence-corrected chi connectivity index (χ0v) is 17.8. The Morgan fingerprint density at radius 1 is 1.03 bits per heavy atom. The van der Waals surface area contributed by atoms with E-state index in [0.29, 0.717) is 23.8 Å². The summed E-state index contributed by atoms with van der Waals surface area (Å²) in [7, 11) is -1.52. The monoisotopic (exact) mass is 433 g/mol. The van der Waals surface area contributed by atoms with E-state index in [9.17, 15) is 13.2 Å². The number of hydrogen-bond acceptors (Lipinski definition) is 4. The average molecular weight is 434 g/mol. The van der Waals surface area contributed by atoms with Crippen LogP contribution in [0.4, 0.5) is 5.69 Å². The summed E-state index contributed by atoms with van der Waals surface area (Å²) >= 11 is 6.23. The molecule has 2 atom stereocenters. The Hall–Kier alpha value is -1.93. The molecule has 154 valence electrons. The summed E-state index contributed by atoms with van der Waals surface area (Å²) in [6.45, 7) is 2.42.